The lowest BCUT2D eigenvalue weighted by atomic mass is 10.1. The molecule has 1 unspecified atom stereocenters. The molecular weight excluding hydrogens is 258 g/mol. The molecule has 1 saturated carbocycles. The molecule has 19 heavy (non-hydrogen) atoms. The first-order valence-electron chi connectivity index (χ1n) is 7.59. The van der Waals surface area contributed by atoms with E-state index in [9.17, 15) is 0 Å². The van der Waals surface area contributed by atoms with Crippen molar-refractivity contribution in [2.24, 2.45) is 0 Å². The van der Waals surface area contributed by atoms with Crippen LogP contribution in [0.5, 0.6) is 0 Å². The Morgan fingerprint density at radius 1 is 1.21 bits per heavy atom. The minimum absolute atomic E-state index is 0.560. The normalized spacial score (nSPS) is 24.3. The van der Waals surface area contributed by atoms with Gasteiger partial charge >= 0.3 is 0 Å². The van der Waals surface area contributed by atoms with E-state index in [2.05, 4.69) is 16.8 Å². The van der Waals surface area contributed by atoms with Gasteiger partial charge in [0.2, 0.25) is 0 Å². The van der Waals surface area contributed by atoms with Crippen molar-refractivity contribution in [3.05, 3.63) is 17.0 Å². The Hall–Kier alpha value is -0.830. The topological polar surface area (TPSA) is 29.0 Å². The van der Waals surface area contributed by atoms with Crippen LogP contribution < -0.4 is 4.90 Å². The highest BCUT2D eigenvalue weighted by molar-refractivity contribution is 6.29. The summed E-state index contributed by atoms with van der Waals surface area (Å²) in [6.07, 6.45) is 8.83. The monoisotopic (exact) mass is 279 g/mol. The second-order valence-electron chi connectivity index (χ2n) is 5.79. The van der Waals surface area contributed by atoms with Gasteiger partial charge in [-0.15, -0.1) is 0 Å². The van der Waals surface area contributed by atoms with E-state index in [4.69, 9.17) is 16.6 Å². The van der Waals surface area contributed by atoms with Crippen molar-refractivity contribution in [3.8, 4) is 0 Å². The summed E-state index contributed by atoms with van der Waals surface area (Å²) in [4.78, 5) is 11.6. The summed E-state index contributed by atoms with van der Waals surface area (Å²) in [6, 6.07) is 2.56. The van der Waals surface area contributed by atoms with Crippen molar-refractivity contribution < 1.29 is 0 Å². The lowest BCUT2D eigenvalue weighted by Crippen LogP contribution is -2.35. The Labute approximate surface area is 120 Å². The van der Waals surface area contributed by atoms with Gasteiger partial charge in [0.05, 0.1) is 0 Å². The first kappa shape index (κ1) is 13.2. The smallest absolute Gasteiger partial charge is 0.135 e. The number of aromatic nitrogens is 2. The molecule has 2 fully saturated rings. The van der Waals surface area contributed by atoms with Crippen LogP contribution in [-0.4, -0.2) is 22.6 Å². The van der Waals surface area contributed by atoms with E-state index < -0.39 is 0 Å². The Morgan fingerprint density at radius 3 is 2.79 bits per heavy atom. The molecule has 0 amide bonds. The Morgan fingerprint density at radius 2 is 2.05 bits per heavy atom. The summed E-state index contributed by atoms with van der Waals surface area (Å²) < 4.78 is 0. The van der Waals surface area contributed by atoms with Crippen molar-refractivity contribution in [1.82, 2.24) is 9.97 Å². The Bertz CT molecular complexity index is 445. The van der Waals surface area contributed by atoms with E-state index in [0.717, 1.165) is 18.2 Å². The molecule has 0 radical (unpaired) electrons. The molecule has 3 rings (SSSR count). The zero-order chi connectivity index (χ0) is 13.2. The highest BCUT2D eigenvalue weighted by Crippen LogP contribution is 2.39. The second kappa shape index (κ2) is 5.66. The van der Waals surface area contributed by atoms with Gasteiger partial charge in [0.25, 0.3) is 0 Å². The number of anilines is 1. The van der Waals surface area contributed by atoms with E-state index in [1.807, 2.05) is 6.07 Å². The molecule has 0 aromatic carbocycles. The van der Waals surface area contributed by atoms with Crippen molar-refractivity contribution in [2.45, 2.75) is 63.8 Å². The van der Waals surface area contributed by atoms with Crippen LogP contribution in [0, 0.1) is 0 Å². The van der Waals surface area contributed by atoms with Crippen LogP contribution in [0.15, 0.2) is 6.07 Å². The SMILES string of the molecule is CCC1CCCCCN1c1cc(Cl)nc(C2CC2)n1. The molecule has 2 aliphatic rings. The molecule has 0 spiro atoms. The second-order valence-corrected chi connectivity index (χ2v) is 6.17. The van der Waals surface area contributed by atoms with Gasteiger partial charge in [-0.1, -0.05) is 31.4 Å². The summed E-state index contributed by atoms with van der Waals surface area (Å²) in [5.74, 6) is 2.57. The fourth-order valence-electron chi connectivity index (χ4n) is 3.00. The van der Waals surface area contributed by atoms with Gasteiger partial charge in [-0.3, -0.25) is 0 Å². The number of hydrogen-bond acceptors (Lipinski definition) is 3. The van der Waals surface area contributed by atoms with Crippen LogP contribution in [0.4, 0.5) is 5.82 Å². The van der Waals surface area contributed by atoms with E-state index in [-0.39, 0.29) is 0 Å². The van der Waals surface area contributed by atoms with Gasteiger partial charge < -0.3 is 4.90 Å². The number of rotatable bonds is 3. The molecule has 0 bridgehead atoms. The molecule has 1 atom stereocenters. The molecule has 1 aromatic heterocycles. The van der Waals surface area contributed by atoms with E-state index in [1.165, 1.54) is 44.9 Å². The molecule has 3 nitrogen and oxygen atoms in total. The zero-order valence-electron chi connectivity index (χ0n) is 11.6. The van der Waals surface area contributed by atoms with Gasteiger partial charge in [-0.05, 0) is 32.1 Å². The lowest BCUT2D eigenvalue weighted by molar-refractivity contribution is 0.551. The minimum Gasteiger partial charge on any atom is -0.353 e. The molecular formula is C15H22ClN3. The molecule has 4 heteroatoms. The first-order valence-corrected chi connectivity index (χ1v) is 7.97. The standard InChI is InChI=1S/C15H22ClN3/c1-2-12-6-4-3-5-9-19(12)14-10-13(16)17-15(18-14)11-7-8-11/h10-12H,2-9H2,1H3. The summed E-state index contributed by atoms with van der Waals surface area (Å²) in [7, 11) is 0. The van der Waals surface area contributed by atoms with Gasteiger partial charge in [0.15, 0.2) is 0 Å². The summed E-state index contributed by atoms with van der Waals surface area (Å²) in [5, 5.41) is 0.603. The molecule has 1 saturated heterocycles. The molecule has 1 aliphatic carbocycles. The van der Waals surface area contributed by atoms with E-state index in [1.54, 1.807) is 0 Å². The third-order valence-corrected chi connectivity index (χ3v) is 4.48. The fourth-order valence-corrected chi connectivity index (χ4v) is 3.18. The Kier molecular flexibility index (Phi) is 3.92. The van der Waals surface area contributed by atoms with Crippen molar-refractivity contribution >= 4 is 17.4 Å². The first-order chi connectivity index (χ1) is 9.28. The lowest BCUT2D eigenvalue weighted by Gasteiger charge is -2.30. The van der Waals surface area contributed by atoms with Gasteiger partial charge in [-0.2, -0.15) is 0 Å². The van der Waals surface area contributed by atoms with Gasteiger partial charge in [0.1, 0.15) is 16.8 Å². The van der Waals surface area contributed by atoms with Crippen molar-refractivity contribution in [1.29, 1.82) is 0 Å². The van der Waals surface area contributed by atoms with Crippen LogP contribution in [0.2, 0.25) is 5.15 Å². The fraction of sp³-hybridized carbons (Fsp3) is 0.733. The summed E-state index contributed by atoms with van der Waals surface area (Å²) in [5.41, 5.74) is 0. The number of halogens is 1. The Balaban J connectivity index is 1.89. The number of hydrogen-bond donors (Lipinski definition) is 0. The summed E-state index contributed by atoms with van der Waals surface area (Å²) in [6.45, 7) is 3.38. The van der Waals surface area contributed by atoms with E-state index in [0.29, 0.717) is 17.1 Å². The molecule has 1 aromatic rings. The van der Waals surface area contributed by atoms with Gasteiger partial charge in [-0.25, -0.2) is 9.97 Å². The predicted octanol–water partition coefficient (Wildman–Crippen LogP) is 4.17. The van der Waals surface area contributed by atoms with E-state index >= 15 is 0 Å². The van der Waals surface area contributed by atoms with Crippen molar-refractivity contribution in [2.75, 3.05) is 11.4 Å². The van der Waals surface area contributed by atoms with Crippen LogP contribution >= 0.6 is 11.6 Å². The quantitative estimate of drug-likeness (QED) is 0.778. The van der Waals surface area contributed by atoms with Crippen LogP contribution in [0.25, 0.3) is 0 Å². The third kappa shape index (κ3) is 3.02. The van der Waals surface area contributed by atoms with Crippen LogP contribution in [-0.2, 0) is 0 Å². The minimum atomic E-state index is 0.560. The molecule has 104 valence electrons. The third-order valence-electron chi connectivity index (χ3n) is 4.28. The van der Waals surface area contributed by atoms with Gasteiger partial charge in [0, 0.05) is 24.6 Å². The maximum Gasteiger partial charge on any atom is 0.135 e. The maximum atomic E-state index is 6.20. The average Bonchev–Trinajstić information content (AvgIpc) is 3.24. The zero-order valence-corrected chi connectivity index (χ0v) is 12.4. The molecule has 1 aliphatic heterocycles. The summed E-state index contributed by atoms with van der Waals surface area (Å²) >= 11 is 6.20. The maximum absolute atomic E-state index is 6.20. The van der Waals surface area contributed by atoms with Crippen molar-refractivity contribution in [3.63, 3.8) is 0 Å². The highest BCUT2D eigenvalue weighted by Gasteiger charge is 2.29. The van der Waals surface area contributed by atoms with Crippen LogP contribution in [0.1, 0.15) is 63.6 Å². The molecule has 0 N–H and O–H groups in total. The van der Waals surface area contributed by atoms with Crippen LogP contribution in [0.3, 0.4) is 0 Å². The molecule has 2 heterocycles. The largest absolute Gasteiger partial charge is 0.353 e. The highest BCUT2D eigenvalue weighted by atomic mass is 35.5. The predicted molar refractivity (Wildman–Crippen MR) is 78.9 cm³/mol. The average molecular weight is 280 g/mol. The number of nitrogens with zero attached hydrogens (tertiary/aromatic N) is 3.